The van der Waals surface area contributed by atoms with Crippen molar-refractivity contribution in [2.45, 2.75) is 18.9 Å². The van der Waals surface area contributed by atoms with E-state index in [4.69, 9.17) is 4.98 Å². The van der Waals surface area contributed by atoms with E-state index in [-0.39, 0.29) is 11.7 Å². The van der Waals surface area contributed by atoms with E-state index in [0.29, 0.717) is 35.6 Å². The molecule has 0 radical (unpaired) electrons. The number of carbonyl (C=O) groups excluding carboxylic acids is 1. The lowest BCUT2D eigenvalue weighted by atomic mass is 10.1. The number of amides is 1. The molecular weight excluding hydrogens is 478 g/mol. The molecule has 0 atom stereocenters. The molecule has 1 fully saturated rings. The van der Waals surface area contributed by atoms with Crippen molar-refractivity contribution < 1.29 is 9.90 Å². The summed E-state index contributed by atoms with van der Waals surface area (Å²) >= 11 is 0. The number of anilines is 4. The molecule has 196 valence electrons. The maximum absolute atomic E-state index is 12.2. The maximum atomic E-state index is 12.2. The maximum Gasteiger partial charge on any atom is 0.247 e. The topological polar surface area (TPSA) is 98.5 Å². The third-order valence-corrected chi connectivity index (χ3v) is 6.71. The zero-order valence-electron chi connectivity index (χ0n) is 22.0. The summed E-state index contributed by atoms with van der Waals surface area (Å²) in [7, 11) is 5.91. The highest BCUT2D eigenvalue weighted by molar-refractivity contribution is 6.02. The van der Waals surface area contributed by atoms with Gasteiger partial charge >= 0.3 is 0 Å². The molecule has 1 aliphatic carbocycles. The highest BCUT2D eigenvalue weighted by Crippen LogP contribution is 2.41. The summed E-state index contributed by atoms with van der Waals surface area (Å²) in [4.78, 5) is 25.4. The fraction of sp³-hybridized carbons (Fsp3) is 0.276. The lowest BCUT2D eigenvalue weighted by Gasteiger charge is -2.25. The highest BCUT2D eigenvalue weighted by atomic mass is 16.3. The fourth-order valence-corrected chi connectivity index (χ4v) is 4.50. The number of aromatic hydroxyl groups is 1. The zero-order valence-corrected chi connectivity index (χ0v) is 22.0. The Hall–Kier alpha value is -4.37. The molecule has 38 heavy (non-hydrogen) atoms. The van der Waals surface area contributed by atoms with Gasteiger partial charge in [-0.3, -0.25) is 4.79 Å². The number of aromatic nitrogens is 3. The molecule has 4 aromatic rings. The molecule has 0 saturated heterocycles. The minimum absolute atomic E-state index is 0.0210. The Labute approximate surface area is 222 Å². The molecule has 2 aromatic carbocycles. The summed E-state index contributed by atoms with van der Waals surface area (Å²) in [5.41, 5.74) is 4.64. The van der Waals surface area contributed by atoms with Crippen LogP contribution in [0.4, 0.5) is 23.0 Å². The average Bonchev–Trinajstić information content (AvgIpc) is 3.68. The molecule has 0 unspecified atom stereocenters. The second-order valence-electron chi connectivity index (χ2n) is 9.89. The molecule has 0 aliphatic heterocycles. The number of para-hydroxylation sites is 1. The zero-order chi connectivity index (χ0) is 26.8. The number of nitrogens with zero attached hydrogens (tertiary/aromatic N) is 5. The van der Waals surface area contributed by atoms with E-state index in [0.717, 1.165) is 23.2 Å². The average molecular weight is 512 g/mol. The van der Waals surface area contributed by atoms with Crippen LogP contribution < -0.4 is 15.5 Å². The number of rotatable bonds is 10. The van der Waals surface area contributed by atoms with Gasteiger partial charge in [-0.2, -0.15) is 0 Å². The standard InChI is InChI=1S/C29H33N7O2/c1-5-28(38)31-23-16-24(27(37)17-26(23)35(4)15-14-34(2)3)33-29-30-13-12-22(32-29)21-18-36(19-10-11-19)25-9-7-6-8-20(21)25/h5-9,12-13,16-19,37H,1,10-11,14-15H2,2-4H3,(H,31,38)(H,30,32,33). The van der Waals surface area contributed by atoms with Gasteiger partial charge in [0.15, 0.2) is 0 Å². The monoisotopic (exact) mass is 511 g/mol. The summed E-state index contributed by atoms with van der Waals surface area (Å²) < 4.78 is 2.34. The number of fused-ring (bicyclic) bond motifs is 1. The number of hydrogen-bond acceptors (Lipinski definition) is 7. The summed E-state index contributed by atoms with van der Waals surface area (Å²) in [6.45, 7) is 5.07. The van der Waals surface area contributed by atoms with E-state index in [2.05, 4.69) is 56.1 Å². The summed E-state index contributed by atoms with van der Waals surface area (Å²) in [5.74, 6) is 0.0256. The van der Waals surface area contributed by atoms with Gasteiger partial charge in [-0.05, 0) is 51.2 Å². The molecule has 2 heterocycles. The van der Waals surface area contributed by atoms with Crippen LogP contribution in [-0.2, 0) is 4.79 Å². The van der Waals surface area contributed by atoms with Gasteiger partial charge in [0, 0.05) is 61.1 Å². The first-order chi connectivity index (χ1) is 18.3. The number of nitrogens with one attached hydrogen (secondary N) is 2. The van der Waals surface area contributed by atoms with Gasteiger partial charge in [0.2, 0.25) is 11.9 Å². The van der Waals surface area contributed by atoms with Crippen LogP contribution in [0.3, 0.4) is 0 Å². The van der Waals surface area contributed by atoms with Crippen LogP contribution in [0.15, 0.2) is 67.5 Å². The molecule has 1 saturated carbocycles. The predicted molar refractivity (Wildman–Crippen MR) is 153 cm³/mol. The normalized spacial score (nSPS) is 13.1. The Morgan fingerprint density at radius 3 is 2.68 bits per heavy atom. The third kappa shape index (κ3) is 5.33. The lowest BCUT2D eigenvalue weighted by molar-refractivity contribution is -0.111. The van der Waals surface area contributed by atoms with Gasteiger partial charge in [0.1, 0.15) is 5.75 Å². The summed E-state index contributed by atoms with van der Waals surface area (Å²) in [6, 6.07) is 14.1. The van der Waals surface area contributed by atoms with Gasteiger partial charge in [-0.1, -0.05) is 24.8 Å². The Kier molecular flexibility index (Phi) is 7.02. The van der Waals surface area contributed by atoms with Crippen molar-refractivity contribution in [2.24, 2.45) is 0 Å². The number of benzene rings is 2. The van der Waals surface area contributed by atoms with Gasteiger partial charge in [0.05, 0.1) is 22.8 Å². The largest absolute Gasteiger partial charge is 0.506 e. The van der Waals surface area contributed by atoms with Crippen molar-refractivity contribution in [1.29, 1.82) is 0 Å². The van der Waals surface area contributed by atoms with E-state index >= 15 is 0 Å². The molecule has 2 aromatic heterocycles. The van der Waals surface area contributed by atoms with E-state index < -0.39 is 0 Å². The minimum atomic E-state index is -0.339. The summed E-state index contributed by atoms with van der Waals surface area (Å²) in [5, 5.41) is 18.0. The van der Waals surface area contributed by atoms with Crippen molar-refractivity contribution in [2.75, 3.05) is 49.8 Å². The van der Waals surface area contributed by atoms with Crippen molar-refractivity contribution in [3.63, 3.8) is 0 Å². The molecule has 0 bridgehead atoms. The predicted octanol–water partition coefficient (Wildman–Crippen LogP) is 5.00. The second kappa shape index (κ2) is 10.5. The Morgan fingerprint density at radius 1 is 1.16 bits per heavy atom. The molecule has 9 nitrogen and oxygen atoms in total. The fourth-order valence-electron chi connectivity index (χ4n) is 4.50. The lowest BCUT2D eigenvalue weighted by Crippen LogP contribution is -2.29. The number of hydrogen-bond donors (Lipinski definition) is 3. The van der Waals surface area contributed by atoms with Crippen molar-refractivity contribution in [3.05, 3.63) is 67.5 Å². The van der Waals surface area contributed by atoms with Gasteiger partial charge < -0.3 is 30.1 Å². The molecule has 1 amide bonds. The van der Waals surface area contributed by atoms with Crippen molar-refractivity contribution in [1.82, 2.24) is 19.4 Å². The van der Waals surface area contributed by atoms with Crippen LogP contribution >= 0.6 is 0 Å². The first-order valence-corrected chi connectivity index (χ1v) is 12.7. The SMILES string of the molecule is C=CC(=O)Nc1cc(Nc2nccc(-c3cn(C4CC4)c4ccccc34)n2)c(O)cc1N(C)CCN(C)C. The van der Waals surface area contributed by atoms with Crippen molar-refractivity contribution >= 4 is 39.8 Å². The van der Waals surface area contributed by atoms with Crippen LogP contribution in [0.2, 0.25) is 0 Å². The molecule has 0 spiro atoms. The smallest absolute Gasteiger partial charge is 0.247 e. The first-order valence-electron chi connectivity index (χ1n) is 12.7. The molecule has 3 N–H and O–H groups in total. The van der Waals surface area contributed by atoms with Crippen molar-refractivity contribution in [3.8, 4) is 17.0 Å². The number of phenols is 1. The molecule has 5 rings (SSSR count). The van der Waals surface area contributed by atoms with Gasteiger partial charge in [-0.15, -0.1) is 0 Å². The molecular formula is C29H33N7O2. The van der Waals surface area contributed by atoms with Crippen LogP contribution in [0.5, 0.6) is 5.75 Å². The Morgan fingerprint density at radius 2 is 1.95 bits per heavy atom. The van der Waals surface area contributed by atoms with Crippen LogP contribution in [0, 0.1) is 0 Å². The van der Waals surface area contributed by atoms with E-state index in [1.165, 1.54) is 24.4 Å². The second-order valence-corrected chi connectivity index (χ2v) is 9.89. The summed E-state index contributed by atoms with van der Waals surface area (Å²) in [6.07, 6.45) is 7.48. The Bertz CT molecular complexity index is 1490. The third-order valence-electron chi connectivity index (χ3n) is 6.71. The van der Waals surface area contributed by atoms with Crippen LogP contribution in [-0.4, -0.2) is 64.7 Å². The van der Waals surface area contributed by atoms with E-state index in [1.807, 2.05) is 38.2 Å². The van der Waals surface area contributed by atoms with Gasteiger partial charge in [-0.25, -0.2) is 9.97 Å². The van der Waals surface area contributed by atoms with Gasteiger partial charge in [0.25, 0.3) is 0 Å². The molecule has 9 heteroatoms. The van der Waals surface area contributed by atoms with E-state index in [9.17, 15) is 9.90 Å². The van der Waals surface area contributed by atoms with E-state index in [1.54, 1.807) is 18.3 Å². The molecule has 1 aliphatic rings. The number of phenolic OH excluding ortho intramolecular Hbond substituents is 1. The minimum Gasteiger partial charge on any atom is -0.506 e. The number of carbonyl (C=O) groups is 1. The Balaban J connectivity index is 1.47. The van der Waals surface area contributed by atoms with Crippen LogP contribution in [0.25, 0.3) is 22.2 Å². The number of likely N-dealkylation sites (N-methyl/N-ethyl adjacent to an activating group) is 2. The van der Waals surface area contributed by atoms with Crippen LogP contribution in [0.1, 0.15) is 18.9 Å². The first kappa shape index (κ1) is 25.3. The highest BCUT2D eigenvalue weighted by Gasteiger charge is 2.26. The quantitative estimate of drug-likeness (QED) is 0.156.